The van der Waals surface area contributed by atoms with E-state index in [1.165, 1.54) is 0 Å². The number of anilines is 1. The number of aromatic nitrogens is 1. The number of rotatable bonds is 2. The first-order valence-corrected chi connectivity index (χ1v) is 7.50. The summed E-state index contributed by atoms with van der Waals surface area (Å²) in [6.45, 7) is 1.98. The zero-order valence-electron chi connectivity index (χ0n) is 11.2. The van der Waals surface area contributed by atoms with E-state index in [1.807, 2.05) is 49.4 Å². The number of benzene rings is 2. The van der Waals surface area contributed by atoms with Crippen molar-refractivity contribution >= 4 is 33.4 Å². The zero-order valence-corrected chi connectivity index (χ0v) is 13.6. The maximum Gasteiger partial charge on any atom is 0.230 e. The van der Waals surface area contributed by atoms with Crippen LogP contribution < -0.4 is 5.73 Å². The summed E-state index contributed by atoms with van der Waals surface area (Å²) in [5, 5.41) is 4.76. The molecule has 0 aliphatic carbocycles. The van der Waals surface area contributed by atoms with Crippen LogP contribution in [0.2, 0.25) is 5.02 Å². The molecule has 1 aromatic heterocycles. The van der Waals surface area contributed by atoms with Gasteiger partial charge in [0.15, 0.2) is 0 Å². The van der Waals surface area contributed by atoms with Crippen LogP contribution in [0.5, 0.6) is 0 Å². The van der Waals surface area contributed by atoms with Crippen LogP contribution >= 0.6 is 27.5 Å². The van der Waals surface area contributed by atoms with Crippen molar-refractivity contribution in [2.24, 2.45) is 0 Å². The van der Waals surface area contributed by atoms with Gasteiger partial charge in [-0.25, -0.2) is 0 Å². The molecule has 2 N–H and O–H groups in total. The maximum absolute atomic E-state index is 6.13. The lowest BCUT2D eigenvalue weighted by Crippen LogP contribution is -1.88. The average Bonchev–Trinajstić information content (AvgIpc) is 2.80. The van der Waals surface area contributed by atoms with Crippen LogP contribution in [0.15, 0.2) is 51.5 Å². The van der Waals surface area contributed by atoms with Gasteiger partial charge in [0.2, 0.25) is 5.88 Å². The second-order valence-electron chi connectivity index (χ2n) is 4.79. The molecule has 0 amide bonds. The van der Waals surface area contributed by atoms with Crippen molar-refractivity contribution in [2.75, 3.05) is 5.73 Å². The Kier molecular flexibility index (Phi) is 3.74. The Bertz CT molecular complexity index is 776. The van der Waals surface area contributed by atoms with Crippen LogP contribution in [0.25, 0.3) is 22.4 Å². The molecule has 1 heterocycles. The first kappa shape index (κ1) is 14.2. The minimum Gasteiger partial charge on any atom is -0.367 e. The standard InChI is InChI=1S/C16H12BrClN2O/c1-9-6-11(8-13(18)7-9)15-14(16(19)21-20-15)10-2-4-12(17)5-3-10/h2-8H,19H2,1H3. The highest BCUT2D eigenvalue weighted by Crippen LogP contribution is 2.37. The SMILES string of the molecule is Cc1cc(Cl)cc(-c2noc(N)c2-c2ccc(Br)cc2)c1. The van der Waals surface area contributed by atoms with Gasteiger partial charge in [0.05, 0.1) is 5.56 Å². The molecule has 0 atom stereocenters. The lowest BCUT2D eigenvalue weighted by molar-refractivity contribution is 0.439. The van der Waals surface area contributed by atoms with Crippen LogP contribution in [0.3, 0.4) is 0 Å². The Morgan fingerprint density at radius 3 is 2.48 bits per heavy atom. The van der Waals surface area contributed by atoms with Crippen LogP contribution in [0.1, 0.15) is 5.56 Å². The van der Waals surface area contributed by atoms with Crippen molar-refractivity contribution in [1.29, 1.82) is 0 Å². The predicted octanol–water partition coefficient (Wildman–Crippen LogP) is 5.32. The Balaban J connectivity index is 2.19. The summed E-state index contributed by atoms with van der Waals surface area (Å²) in [6, 6.07) is 13.6. The van der Waals surface area contributed by atoms with Crippen LogP contribution in [0.4, 0.5) is 5.88 Å². The van der Waals surface area contributed by atoms with Gasteiger partial charge in [0, 0.05) is 15.1 Å². The largest absolute Gasteiger partial charge is 0.367 e. The summed E-state index contributed by atoms with van der Waals surface area (Å²) in [4.78, 5) is 0. The number of aryl methyl sites for hydroxylation is 1. The molecule has 0 unspecified atom stereocenters. The van der Waals surface area contributed by atoms with Gasteiger partial charge in [-0.05, 0) is 48.4 Å². The predicted molar refractivity (Wildman–Crippen MR) is 89.2 cm³/mol. The second-order valence-corrected chi connectivity index (χ2v) is 6.15. The molecule has 0 bridgehead atoms. The molecule has 2 aromatic carbocycles. The fourth-order valence-electron chi connectivity index (χ4n) is 2.27. The van der Waals surface area contributed by atoms with Gasteiger partial charge in [0.1, 0.15) is 5.69 Å². The number of nitrogens with zero attached hydrogens (tertiary/aromatic N) is 1. The average molecular weight is 364 g/mol. The summed E-state index contributed by atoms with van der Waals surface area (Å²) in [7, 11) is 0. The van der Waals surface area contributed by atoms with Gasteiger partial charge in [-0.3, -0.25) is 0 Å². The lowest BCUT2D eigenvalue weighted by atomic mass is 10.00. The molecule has 0 fully saturated rings. The Labute approximate surface area is 135 Å². The smallest absolute Gasteiger partial charge is 0.230 e. The van der Waals surface area contributed by atoms with Gasteiger partial charge in [0.25, 0.3) is 0 Å². The fourth-order valence-corrected chi connectivity index (χ4v) is 2.82. The third-order valence-electron chi connectivity index (χ3n) is 3.17. The molecule has 0 radical (unpaired) electrons. The van der Waals surface area contributed by atoms with E-state index in [-0.39, 0.29) is 0 Å². The van der Waals surface area contributed by atoms with Gasteiger partial charge in [-0.2, -0.15) is 0 Å². The highest BCUT2D eigenvalue weighted by molar-refractivity contribution is 9.10. The normalized spacial score (nSPS) is 10.8. The quantitative estimate of drug-likeness (QED) is 0.671. The zero-order chi connectivity index (χ0) is 15.0. The van der Waals surface area contributed by atoms with Gasteiger partial charge in [-0.1, -0.05) is 44.8 Å². The van der Waals surface area contributed by atoms with Crippen molar-refractivity contribution in [3.63, 3.8) is 0 Å². The molecule has 0 saturated carbocycles. The molecule has 3 rings (SSSR count). The summed E-state index contributed by atoms with van der Waals surface area (Å²) < 4.78 is 6.19. The fraction of sp³-hybridized carbons (Fsp3) is 0.0625. The first-order valence-electron chi connectivity index (χ1n) is 6.33. The molecule has 106 valence electrons. The minimum absolute atomic E-state index is 0.296. The van der Waals surface area contributed by atoms with Crippen molar-refractivity contribution in [2.45, 2.75) is 6.92 Å². The molecule has 0 aliphatic rings. The lowest BCUT2D eigenvalue weighted by Gasteiger charge is -2.05. The number of nitrogen functional groups attached to an aromatic ring is 1. The second kappa shape index (κ2) is 5.54. The van der Waals surface area contributed by atoms with Crippen LogP contribution in [-0.2, 0) is 0 Å². The van der Waals surface area contributed by atoms with Gasteiger partial charge in [-0.15, -0.1) is 0 Å². The number of nitrogens with two attached hydrogens (primary N) is 1. The summed E-state index contributed by atoms with van der Waals surface area (Å²) in [6.07, 6.45) is 0. The van der Waals surface area contributed by atoms with E-state index in [1.54, 1.807) is 0 Å². The van der Waals surface area contributed by atoms with Crippen molar-refractivity contribution in [3.8, 4) is 22.4 Å². The molecular formula is C16H12BrClN2O. The molecule has 3 nitrogen and oxygen atoms in total. The summed E-state index contributed by atoms with van der Waals surface area (Å²) >= 11 is 9.55. The van der Waals surface area contributed by atoms with E-state index in [0.29, 0.717) is 16.6 Å². The Morgan fingerprint density at radius 1 is 1.10 bits per heavy atom. The molecule has 5 heteroatoms. The third kappa shape index (κ3) is 2.82. The molecular weight excluding hydrogens is 352 g/mol. The van der Waals surface area contributed by atoms with Crippen molar-refractivity contribution in [1.82, 2.24) is 5.16 Å². The van der Waals surface area contributed by atoms with E-state index < -0.39 is 0 Å². The van der Waals surface area contributed by atoms with Crippen molar-refractivity contribution in [3.05, 3.63) is 57.5 Å². The number of hydrogen-bond acceptors (Lipinski definition) is 3. The highest BCUT2D eigenvalue weighted by Gasteiger charge is 2.17. The molecule has 0 saturated heterocycles. The van der Waals surface area contributed by atoms with Crippen molar-refractivity contribution < 1.29 is 4.52 Å². The molecule has 0 spiro atoms. The van der Waals surface area contributed by atoms with E-state index in [2.05, 4.69) is 21.1 Å². The van der Waals surface area contributed by atoms with Crippen LogP contribution in [-0.4, -0.2) is 5.16 Å². The molecule has 21 heavy (non-hydrogen) atoms. The van der Waals surface area contributed by atoms with Gasteiger partial charge >= 0.3 is 0 Å². The highest BCUT2D eigenvalue weighted by atomic mass is 79.9. The Morgan fingerprint density at radius 2 is 1.81 bits per heavy atom. The third-order valence-corrected chi connectivity index (χ3v) is 3.91. The topological polar surface area (TPSA) is 52.0 Å². The van der Waals surface area contributed by atoms with E-state index in [9.17, 15) is 0 Å². The first-order chi connectivity index (χ1) is 10.0. The van der Waals surface area contributed by atoms with E-state index in [0.717, 1.165) is 26.7 Å². The maximum atomic E-state index is 6.13. The van der Waals surface area contributed by atoms with Crippen LogP contribution in [0, 0.1) is 6.92 Å². The summed E-state index contributed by atoms with van der Waals surface area (Å²) in [5.74, 6) is 0.296. The monoisotopic (exact) mass is 362 g/mol. The summed E-state index contributed by atoms with van der Waals surface area (Å²) in [5.41, 5.74) is 10.3. The molecule has 3 aromatic rings. The number of hydrogen-bond donors (Lipinski definition) is 1. The minimum atomic E-state index is 0.296. The molecule has 0 aliphatic heterocycles. The number of halogens is 2. The van der Waals surface area contributed by atoms with E-state index in [4.69, 9.17) is 21.9 Å². The Hall–Kier alpha value is -1.78. The van der Waals surface area contributed by atoms with Gasteiger partial charge < -0.3 is 10.3 Å². The van der Waals surface area contributed by atoms with E-state index >= 15 is 0 Å².